The van der Waals surface area contributed by atoms with Crippen LogP contribution in [0.2, 0.25) is 0 Å². The van der Waals surface area contributed by atoms with E-state index in [0.717, 1.165) is 19.6 Å². The van der Waals surface area contributed by atoms with Crippen molar-refractivity contribution < 1.29 is 0 Å². The first-order valence-electron chi connectivity index (χ1n) is 6.26. The Kier molecular flexibility index (Phi) is 3.41. The Labute approximate surface area is 111 Å². The van der Waals surface area contributed by atoms with Gasteiger partial charge in [-0.15, -0.1) is 0 Å². The van der Waals surface area contributed by atoms with E-state index in [1.165, 1.54) is 16.0 Å². The molecule has 3 nitrogen and oxygen atoms in total. The molecule has 1 aliphatic heterocycles. The molecule has 0 spiro atoms. The molecule has 0 bridgehead atoms. The fourth-order valence-electron chi connectivity index (χ4n) is 2.57. The summed E-state index contributed by atoms with van der Waals surface area (Å²) in [5, 5.41) is 0. The third kappa shape index (κ3) is 2.32. The maximum atomic E-state index is 5.88. The van der Waals surface area contributed by atoms with Crippen molar-refractivity contribution in [2.75, 3.05) is 13.1 Å². The molecule has 1 aromatic heterocycles. The summed E-state index contributed by atoms with van der Waals surface area (Å²) < 4.78 is 4.30. The molecule has 0 saturated heterocycles. The van der Waals surface area contributed by atoms with Crippen molar-refractivity contribution in [2.24, 2.45) is 5.73 Å². The lowest BCUT2D eigenvalue weighted by molar-refractivity contribution is 0.226. The van der Waals surface area contributed by atoms with Crippen molar-refractivity contribution in [3.63, 3.8) is 0 Å². The fourth-order valence-corrected chi connectivity index (χ4v) is 3.42. The SMILES string of the molecule is NCC1CN(Cc2ccccc2)Cc2sncc21. The minimum atomic E-state index is 0.441. The zero-order valence-electron chi connectivity index (χ0n) is 10.2. The molecule has 18 heavy (non-hydrogen) atoms. The van der Waals surface area contributed by atoms with E-state index in [2.05, 4.69) is 39.6 Å². The number of rotatable bonds is 3. The van der Waals surface area contributed by atoms with E-state index in [9.17, 15) is 0 Å². The average molecular weight is 259 g/mol. The van der Waals surface area contributed by atoms with Gasteiger partial charge in [0, 0.05) is 43.2 Å². The lowest BCUT2D eigenvalue weighted by Crippen LogP contribution is -2.35. The predicted octanol–water partition coefficient (Wildman–Crippen LogP) is 2.20. The van der Waals surface area contributed by atoms with Gasteiger partial charge in [0.25, 0.3) is 0 Å². The molecule has 2 N–H and O–H groups in total. The number of hydrogen-bond acceptors (Lipinski definition) is 4. The Morgan fingerprint density at radius 2 is 2.17 bits per heavy atom. The molecular weight excluding hydrogens is 242 g/mol. The van der Waals surface area contributed by atoms with Crippen molar-refractivity contribution >= 4 is 11.5 Å². The Morgan fingerprint density at radius 1 is 1.33 bits per heavy atom. The van der Waals surface area contributed by atoms with E-state index in [-0.39, 0.29) is 0 Å². The van der Waals surface area contributed by atoms with Gasteiger partial charge in [-0.05, 0) is 22.7 Å². The highest BCUT2D eigenvalue weighted by Gasteiger charge is 2.25. The predicted molar refractivity (Wildman–Crippen MR) is 74.5 cm³/mol. The van der Waals surface area contributed by atoms with E-state index in [4.69, 9.17) is 5.73 Å². The zero-order valence-corrected chi connectivity index (χ0v) is 11.1. The summed E-state index contributed by atoms with van der Waals surface area (Å²) in [6.07, 6.45) is 2.00. The first kappa shape index (κ1) is 11.8. The molecule has 1 unspecified atom stereocenters. The van der Waals surface area contributed by atoms with E-state index >= 15 is 0 Å². The summed E-state index contributed by atoms with van der Waals surface area (Å²) in [4.78, 5) is 3.85. The zero-order chi connectivity index (χ0) is 12.4. The summed E-state index contributed by atoms with van der Waals surface area (Å²) >= 11 is 1.61. The average Bonchev–Trinajstić information content (AvgIpc) is 2.87. The van der Waals surface area contributed by atoms with Crippen LogP contribution in [0.1, 0.15) is 21.9 Å². The Hall–Kier alpha value is -1.23. The summed E-state index contributed by atoms with van der Waals surface area (Å²) in [6, 6.07) is 10.6. The highest BCUT2D eigenvalue weighted by Crippen LogP contribution is 2.30. The quantitative estimate of drug-likeness (QED) is 0.919. The second-order valence-electron chi connectivity index (χ2n) is 4.79. The first-order valence-corrected chi connectivity index (χ1v) is 7.04. The number of aromatic nitrogens is 1. The van der Waals surface area contributed by atoms with Crippen LogP contribution in [0, 0.1) is 0 Å². The van der Waals surface area contributed by atoms with Crippen LogP contribution < -0.4 is 5.73 Å². The summed E-state index contributed by atoms with van der Waals surface area (Å²) in [6.45, 7) is 3.74. The van der Waals surface area contributed by atoms with Gasteiger partial charge in [-0.1, -0.05) is 30.3 Å². The van der Waals surface area contributed by atoms with Gasteiger partial charge >= 0.3 is 0 Å². The smallest absolute Gasteiger partial charge is 0.0446 e. The molecule has 1 aromatic carbocycles. The van der Waals surface area contributed by atoms with Gasteiger partial charge in [0.05, 0.1) is 0 Å². The normalized spacial score (nSPS) is 19.7. The van der Waals surface area contributed by atoms with Crippen LogP contribution >= 0.6 is 11.5 Å². The molecule has 2 heterocycles. The van der Waals surface area contributed by atoms with Crippen LogP contribution in [0.4, 0.5) is 0 Å². The molecule has 0 aliphatic carbocycles. The van der Waals surface area contributed by atoms with Gasteiger partial charge in [0.2, 0.25) is 0 Å². The van der Waals surface area contributed by atoms with Crippen LogP contribution in [0.3, 0.4) is 0 Å². The minimum absolute atomic E-state index is 0.441. The second-order valence-corrected chi connectivity index (χ2v) is 5.68. The van der Waals surface area contributed by atoms with Gasteiger partial charge in [0.1, 0.15) is 0 Å². The van der Waals surface area contributed by atoms with Crippen LogP contribution in [0.25, 0.3) is 0 Å². The second kappa shape index (κ2) is 5.18. The molecule has 94 valence electrons. The number of benzene rings is 1. The highest BCUT2D eigenvalue weighted by molar-refractivity contribution is 7.05. The largest absolute Gasteiger partial charge is 0.330 e. The fraction of sp³-hybridized carbons (Fsp3) is 0.357. The highest BCUT2D eigenvalue weighted by atomic mass is 32.1. The monoisotopic (exact) mass is 259 g/mol. The molecule has 1 atom stereocenters. The van der Waals surface area contributed by atoms with Crippen LogP contribution in [-0.2, 0) is 13.1 Å². The van der Waals surface area contributed by atoms with Gasteiger partial charge in [-0.2, -0.15) is 0 Å². The molecule has 0 radical (unpaired) electrons. The summed E-state index contributed by atoms with van der Waals surface area (Å²) in [5.74, 6) is 0.441. The van der Waals surface area contributed by atoms with Crippen LogP contribution in [0.15, 0.2) is 36.5 Å². The van der Waals surface area contributed by atoms with Gasteiger partial charge in [-0.25, -0.2) is 4.37 Å². The topological polar surface area (TPSA) is 42.1 Å². The maximum absolute atomic E-state index is 5.88. The van der Waals surface area contributed by atoms with Gasteiger partial charge in [0.15, 0.2) is 0 Å². The van der Waals surface area contributed by atoms with Crippen molar-refractivity contribution in [2.45, 2.75) is 19.0 Å². The molecule has 3 rings (SSSR count). The van der Waals surface area contributed by atoms with Crippen molar-refractivity contribution in [3.8, 4) is 0 Å². The van der Waals surface area contributed by atoms with E-state index in [0.29, 0.717) is 12.5 Å². The molecule has 0 saturated carbocycles. The number of fused-ring (bicyclic) bond motifs is 1. The van der Waals surface area contributed by atoms with Crippen molar-refractivity contribution in [3.05, 3.63) is 52.5 Å². The molecule has 0 amide bonds. The molecule has 1 aliphatic rings. The standard InChI is InChI=1S/C14H17N3S/c15-6-12-9-17(8-11-4-2-1-3-5-11)10-14-13(12)7-16-18-14/h1-5,7,12H,6,8-10,15H2. The minimum Gasteiger partial charge on any atom is -0.330 e. The molecule has 4 heteroatoms. The number of nitrogens with two attached hydrogens (primary N) is 1. The van der Waals surface area contributed by atoms with Crippen molar-refractivity contribution in [1.29, 1.82) is 0 Å². The summed E-state index contributed by atoms with van der Waals surface area (Å²) in [7, 11) is 0. The third-order valence-corrected chi connectivity index (χ3v) is 4.29. The maximum Gasteiger partial charge on any atom is 0.0446 e. The van der Waals surface area contributed by atoms with E-state index < -0.39 is 0 Å². The van der Waals surface area contributed by atoms with E-state index in [1.807, 2.05) is 6.20 Å². The lowest BCUT2D eigenvalue weighted by Gasteiger charge is -2.31. The van der Waals surface area contributed by atoms with Crippen molar-refractivity contribution in [1.82, 2.24) is 9.27 Å². The van der Waals surface area contributed by atoms with Gasteiger partial charge in [-0.3, -0.25) is 4.90 Å². The van der Waals surface area contributed by atoms with Crippen LogP contribution in [0.5, 0.6) is 0 Å². The lowest BCUT2D eigenvalue weighted by atomic mass is 9.96. The number of hydrogen-bond donors (Lipinski definition) is 1. The third-order valence-electron chi connectivity index (χ3n) is 3.50. The summed E-state index contributed by atoms with van der Waals surface area (Å²) in [5.41, 5.74) is 8.61. The Bertz CT molecular complexity index is 509. The van der Waals surface area contributed by atoms with Crippen LogP contribution in [-0.4, -0.2) is 22.4 Å². The van der Waals surface area contributed by atoms with Gasteiger partial charge < -0.3 is 5.73 Å². The molecular formula is C14H17N3S. The van der Waals surface area contributed by atoms with E-state index in [1.54, 1.807) is 11.5 Å². The first-order chi connectivity index (χ1) is 8.86. The molecule has 2 aromatic rings. The molecule has 0 fully saturated rings. The Morgan fingerprint density at radius 3 is 2.94 bits per heavy atom. The number of nitrogens with zero attached hydrogens (tertiary/aromatic N) is 2. The Balaban J connectivity index is 1.77.